The number of benzene rings is 1. The first-order valence-corrected chi connectivity index (χ1v) is 10.5. The second-order valence-electron chi connectivity index (χ2n) is 7.64. The lowest BCUT2D eigenvalue weighted by atomic mass is 10.1. The first kappa shape index (κ1) is 18.9. The van der Waals surface area contributed by atoms with Gasteiger partial charge in [-0.25, -0.2) is 4.98 Å². The zero-order valence-corrected chi connectivity index (χ0v) is 17.2. The molecular formula is C23H23ClN6. The predicted octanol–water partition coefficient (Wildman–Crippen LogP) is 4.77. The van der Waals surface area contributed by atoms with Crippen molar-refractivity contribution in [2.75, 3.05) is 18.8 Å². The smallest absolute Gasteiger partial charge is 0.132 e. The lowest BCUT2D eigenvalue weighted by molar-refractivity contribution is 0.343. The van der Waals surface area contributed by atoms with Crippen LogP contribution in [0.5, 0.6) is 0 Å². The van der Waals surface area contributed by atoms with E-state index in [1.54, 1.807) is 0 Å². The van der Waals surface area contributed by atoms with Crippen LogP contribution in [0.25, 0.3) is 33.6 Å². The second-order valence-corrected chi connectivity index (χ2v) is 8.08. The summed E-state index contributed by atoms with van der Waals surface area (Å²) in [6, 6.07) is 14.3. The van der Waals surface area contributed by atoms with E-state index in [1.807, 2.05) is 48.8 Å². The third-order valence-corrected chi connectivity index (χ3v) is 5.92. The summed E-state index contributed by atoms with van der Waals surface area (Å²) < 4.78 is 2.08. The molecule has 0 amide bonds. The van der Waals surface area contributed by atoms with Gasteiger partial charge in [0, 0.05) is 45.5 Å². The number of piperidine rings is 1. The SMILES string of the molecule is Nc1ncc(-c2cnn(C3CCNCC3)c2)cc1-c1ccc(-c2ccc(Cl)cc2)[nH]1. The summed E-state index contributed by atoms with van der Waals surface area (Å²) in [7, 11) is 0. The molecule has 4 aromatic rings. The van der Waals surface area contributed by atoms with Crippen LogP contribution in [0.2, 0.25) is 5.02 Å². The summed E-state index contributed by atoms with van der Waals surface area (Å²) in [5.74, 6) is 0.494. The van der Waals surface area contributed by atoms with Crippen LogP contribution >= 0.6 is 11.6 Å². The number of hydrogen-bond donors (Lipinski definition) is 3. The Hall–Kier alpha value is -3.09. The van der Waals surface area contributed by atoms with E-state index < -0.39 is 0 Å². The van der Waals surface area contributed by atoms with Crippen molar-refractivity contribution >= 4 is 17.4 Å². The fraction of sp³-hybridized carbons (Fsp3) is 0.217. The fourth-order valence-corrected chi connectivity index (χ4v) is 4.08. The Morgan fingerprint density at radius 3 is 2.50 bits per heavy atom. The molecule has 4 N–H and O–H groups in total. The number of anilines is 1. The average Bonchev–Trinajstić information content (AvgIpc) is 3.46. The highest BCUT2D eigenvalue weighted by Crippen LogP contribution is 2.32. The molecule has 0 bridgehead atoms. The topological polar surface area (TPSA) is 84.5 Å². The summed E-state index contributed by atoms with van der Waals surface area (Å²) >= 11 is 6.00. The predicted molar refractivity (Wildman–Crippen MR) is 121 cm³/mol. The maximum Gasteiger partial charge on any atom is 0.132 e. The van der Waals surface area contributed by atoms with E-state index in [1.165, 1.54) is 0 Å². The third kappa shape index (κ3) is 3.72. The number of nitrogens with two attached hydrogens (primary N) is 1. The van der Waals surface area contributed by atoms with Gasteiger partial charge in [0.2, 0.25) is 0 Å². The van der Waals surface area contributed by atoms with Gasteiger partial charge in [-0.2, -0.15) is 5.10 Å². The van der Waals surface area contributed by atoms with Crippen LogP contribution in [0.4, 0.5) is 5.82 Å². The van der Waals surface area contributed by atoms with Crippen LogP contribution in [-0.4, -0.2) is 32.8 Å². The average molecular weight is 419 g/mol. The quantitative estimate of drug-likeness (QED) is 0.445. The fourth-order valence-electron chi connectivity index (χ4n) is 3.96. The molecule has 1 aliphatic rings. The molecule has 0 unspecified atom stereocenters. The van der Waals surface area contributed by atoms with Crippen LogP contribution < -0.4 is 11.1 Å². The molecule has 30 heavy (non-hydrogen) atoms. The van der Waals surface area contributed by atoms with Gasteiger partial charge < -0.3 is 16.0 Å². The molecule has 3 aromatic heterocycles. The van der Waals surface area contributed by atoms with Gasteiger partial charge in [-0.1, -0.05) is 23.7 Å². The van der Waals surface area contributed by atoms with Crippen molar-refractivity contribution in [1.29, 1.82) is 0 Å². The van der Waals surface area contributed by atoms with Gasteiger partial charge in [0.05, 0.1) is 12.2 Å². The Morgan fingerprint density at radius 2 is 1.70 bits per heavy atom. The maximum absolute atomic E-state index is 6.21. The molecule has 5 rings (SSSR count). The van der Waals surface area contributed by atoms with E-state index in [4.69, 9.17) is 17.3 Å². The molecule has 152 valence electrons. The largest absolute Gasteiger partial charge is 0.383 e. The summed E-state index contributed by atoms with van der Waals surface area (Å²) in [4.78, 5) is 7.89. The van der Waals surface area contributed by atoms with Gasteiger partial charge in [-0.3, -0.25) is 4.68 Å². The summed E-state index contributed by atoms with van der Waals surface area (Å²) in [6.45, 7) is 2.08. The van der Waals surface area contributed by atoms with Crippen molar-refractivity contribution in [2.24, 2.45) is 0 Å². The second kappa shape index (κ2) is 7.97. The van der Waals surface area contributed by atoms with Gasteiger partial charge in [-0.15, -0.1) is 0 Å². The van der Waals surface area contributed by atoms with Gasteiger partial charge in [-0.05, 0) is 61.8 Å². The Balaban J connectivity index is 1.44. The zero-order valence-electron chi connectivity index (χ0n) is 16.5. The highest BCUT2D eigenvalue weighted by molar-refractivity contribution is 6.30. The molecule has 0 spiro atoms. The monoisotopic (exact) mass is 418 g/mol. The summed E-state index contributed by atoms with van der Waals surface area (Å²) in [5, 5.41) is 8.72. The molecule has 0 aliphatic carbocycles. The molecule has 7 heteroatoms. The number of hydrogen-bond acceptors (Lipinski definition) is 4. The molecule has 1 fully saturated rings. The molecule has 1 aliphatic heterocycles. The van der Waals surface area contributed by atoms with Crippen molar-refractivity contribution in [2.45, 2.75) is 18.9 Å². The van der Waals surface area contributed by atoms with Crippen LogP contribution in [0.3, 0.4) is 0 Å². The molecule has 6 nitrogen and oxygen atoms in total. The standard InChI is InChI=1S/C23H23ClN6/c24-18-3-1-15(2-4-18)21-5-6-22(29-21)20-11-16(12-27-23(20)25)17-13-28-30(14-17)19-7-9-26-10-8-19/h1-6,11-14,19,26,29H,7-10H2,(H2,25,27). The van der Waals surface area contributed by atoms with E-state index in [9.17, 15) is 0 Å². The number of nitrogens with one attached hydrogen (secondary N) is 2. The van der Waals surface area contributed by atoms with Crippen LogP contribution in [-0.2, 0) is 0 Å². The van der Waals surface area contributed by atoms with Crippen molar-refractivity contribution in [3.8, 4) is 33.6 Å². The molecule has 1 aromatic carbocycles. The number of H-pyrrole nitrogens is 1. The Kier molecular flexibility index (Phi) is 5.02. The van der Waals surface area contributed by atoms with Gasteiger partial charge in [0.25, 0.3) is 0 Å². The number of pyridine rings is 1. The normalized spacial score (nSPS) is 14.8. The minimum Gasteiger partial charge on any atom is -0.383 e. The van der Waals surface area contributed by atoms with Crippen molar-refractivity contribution < 1.29 is 0 Å². The minimum absolute atomic E-state index is 0.451. The Bertz CT molecular complexity index is 1150. The third-order valence-electron chi connectivity index (χ3n) is 5.67. The molecule has 0 radical (unpaired) electrons. The van der Waals surface area contributed by atoms with Gasteiger partial charge in [0.1, 0.15) is 5.82 Å². The summed E-state index contributed by atoms with van der Waals surface area (Å²) in [6.07, 6.45) is 8.03. The van der Waals surface area contributed by atoms with E-state index in [-0.39, 0.29) is 0 Å². The van der Waals surface area contributed by atoms with Crippen molar-refractivity contribution in [1.82, 2.24) is 25.1 Å². The van der Waals surface area contributed by atoms with Crippen LogP contribution in [0.1, 0.15) is 18.9 Å². The van der Waals surface area contributed by atoms with E-state index in [0.29, 0.717) is 11.9 Å². The van der Waals surface area contributed by atoms with Crippen molar-refractivity contribution in [3.05, 3.63) is 66.1 Å². The van der Waals surface area contributed by atoms with Crippen molar-refractivity contribution in [3.63, 3.8) is 0 Å². The van der Waals surface area contributed by atoms with E-state index >= 15 is 0 Å². The Morgan fingerprint density at radius 1 is 0.933 bits per heavy atom. The number of rotatable bonds is 4. The summed E-state index contributed by atoms with van der Waals surface area (Å²) in [5.41, 5.74) is 12.1. The zero-order chi connectivity index (χ0) is 20.5. The number of aromatic nitrogens is 4. The number of aromatic amines is 1. The highest BCUT2D eigenvalue weighted by atomic mass is 35.5. The minimum atomic E-state index is 0.451. The van der Waals surface area contributed by atoms with E-state index in [2.05, 4.69) is 37.3 Å². The first-order chi connectivity index (χ1) is 14.7. The van der Waals surface area contributed by atoms with Gasteiger partial charge in [0.15, 0.2) is 0 Å². The van der Waals surface area contributed by atoms with Crippen LogP contribution in [0, 0.1) is 0 Å². The number of nitrogen functional groups attached to an aromatic ring is 1. The number of halogens is 1. The number of nitrogens with zero attached hydrogens (tertiary/aromatic N) is 3. The maximum atomic E-state index is 6.21. The van der Waals surface area contributed by atoms with Gasteiger partial charge >= 0.3 is 0 Å². The van der Waals surface area contributed by atoms with E-state index in [0.717, 1.165) is 64.6 Å². The molecule has 1 saturated heterocycles. The Labute approximate surface area is 180 Å². The lowest BCUT2D eigenvalue weighted by Crippen LogP contribution is -2.29. The molecular weight excluding hydrogens is 396 g/mol. The highest BCUT2D eigenvalue weighted by Gasteiger charge is 2.17. The molecule has 4 heterocycles. The molecule has 0 atom stereocenters. The first-order valence-electron chi connectivity index (χ1n) is 10.1. The van der Waals surface area contributed by atoms with Crippen LogP contribution in [0.15, 0.2) is 61.1 Å². The lowest BCUT2D eigenvalue weighted by Gasteiger charge is -2.22. The molecule has 0 saturated carbocycles.